The smallest absolute Gasteiger partial charge is 0.333 e. The van der Waals surface area contributed by atoms with E-state index >= 15 is 0 Å². The number of halogens is 2. The predicted molar refractivity (Wildman–Crippen MR) is 147 cm³/mol. The number of hydrogen-bond donors (Lipinski definition) is 1. The van der Waals surface area contributed by atoms with Gasteiger partial charge in [0.1, 0.15) is 18.7 Å². The van der Waals surface area contributed by atoms with Crippen molar-refractivity contribution in [3.63, 3.8) is 0 Å². The van der Waals surface area contributed by atoms with Gasteiger partial charge in [0.25, 0.3) is 0 Å². The number of nitrogens with zero attached hydrogens (tertiary/aromatic N) is 5. The second kappa shape index (κ2) is 11.6. The van der Waals surface area contributed by atoms with Crippen LogP contribution in [-0.2, 0) is 33.6 Å². The van der Waals surface area contributed by atoms with Crippen LogP contribution < -0.4 is 10.1 Å². The molecule has 0 amide bonds. The minimum atomic E-state index is -1.50. The van der Waals surface area contributed by atoms with Crippen LogP contribution in [-0.4, -0.2) is 45.5 Å². The second-order valence-electron chi connectivity index (χ2n) is 8.89. The molecule has 13 heteroatoms. The standard InChI is InChI=1S/C26H29ClFN6O4P/c1-6-34-24-16-10-22(26(29-12-16)30-14-37-39(35-4)36-5)38-15(2)20-11-18(28)7-8-19(20)23-17(13-33(3)31-23)9-21(24)25(27)32-34/h7-8,10-13,15H,6,9,14H2,1-5H3,(H,29,30). The van der Waals surface area contributed by atoms with Crippen molar-refractivity contribution in [3.8, 4) is 28.3 Å². The highest BCUT2D eigenvalue weighted by Gasteiger charge is 2.26. The number of aromatic nitrogens is 5. The maximum Gasteiger partial charge on any atom is 0.333 e. The fourth-order valence-corrected chi connectivity index (χ4v) is 5.51. The summed E-state index contributed by atoms with van der Waals surface area (Å²) in [6, 6.07) is 6.53. The van der Waals surface area contributed by atoms with Gasteiger partial charge in [-0.15, -0.1) is 0 Å². The van der Waals surface area contributed by atoms with Crippen LogP contribution in [0.4, 0.5) is 10.2 Å². The largest absolute Gasteiger partial charge is 0.482 e. The molecule has 10 nitrogen and oxygen atoms in total. The number of hydrogen-bond acceptors (Lipinski definition) is 8. The highest BCUT2D eigenvalue weighted by Crippen LogP contribution is 2.41. The summed E-state index contributed by atoms with van der Waals surface area (Å²) in [4.78, 5) is 4.65. The molecule has 5 rings (SSSR count). The van der Waals surface area contributed by atoms with E-state index in [4.69, 9.17) is 35.0 Å². The van der Waals surface area contributed by atoms with Gasteiger partial charge < -0.3 is 19.1 Å². The van der Waals surface area contributed by atoms with Crippen LogP contribution in [0.2, 0.25) is 5.15 Å². The Balaban J connectivity index is 1.68. The van der Waals surface area contributed by atoms with Crippen molar-refractivity contribution < 1.29 is 22.7 Å². The van der Waals surface area contributed by atoms with Crippen LogP contribution in [0.1, 0.15) is 36.6 Å². The lowest BCUT2D eigenvalue weighted by Crippen LogP contribution is -2.12. The predicted octanol–water partition coefficient (Wildman–Crippen LogP) is 6.11. The quantitative estimate of drug-likeness (QED) is 0.209. The molecule has 2 bridgehead atoms. The summed E-state index contributed by atoms with van der Waals surface area (Å²) in [6.07, 6.45) is 3.62. The molecule has 39 heavy (non-hydrogen) atoms. The molecule has 3 aromatic heterocycles. The van der Waals surface area contributed by atoms with Gasteiger partial charge in [-0.05, 0) is 38.1 Å². The molecule has 0 aliphatic carbocycles. The highest BCUT2D eigenvalue weighted by atomic mass is 35.5. The number of ether oxygens (including phenoxy) is 1. The molecule has 1 N–H and O–H groups in total. The maximum absolute atomic E-state index is 14.5. The topological polar surface area (TPSA) is 97.5 Å². The van der Waals surface area contributed by atoms with E-state index in [1.165, 1.54) is 26.4 Å². The number of anilines is 1. The Morgan fingerprint density at radius 3 is 2.77 bits per heavy atom. The lowest BCUT2D eigenvalue weighted by molar-refractivity contribution is 0.214. The van der Waals surface area contributed by atoms with Gasteiger partial charge >= 0.3 is 8.60 Å². The van der Waals surface area contributed by atoms with E-state index < -0.39 is 14.7 Å². The molecule has 1 aliphatic heterocycles. The first kappa shape index (κ1) is 27.5. The van der Waals surface area contributed by atoms with Crippen LogP contribution >= 0.6 is 20.2 Å². The molecule has 1 atom stereocenters. The number of rotatable bonds is 7. The first-order valence-electron chi connectivity index (χ1n) is 12.3. The normalized spacial score (nSPS) is 14.6. The molecule has 0 radical (unpaired) electrons. The van der Waals surface area contributed by atoms with Crippen molar-refractivity contribution >= 4 is 26.0 Å². The van der Waals surface area contributed by atoms with E-state index in [9.17, 15) is 4.39 Å². The number of nitrogens with one attached hydrogen (secondary N) is 1. The molecule has 0 spiro atoms. The maximum atomic E-state index is 14.5. The van der Waals surface area contributed by atoms with Crippen molar-refractivity contribution in [1.82, 2.24) is 24.5 Å². The van der Waals surface area contributed by atoms with Gasteiger partial charge in [0.15, 0.2) is 16.7 Å². The average molecular weight is 575 g/mol. The minimum Gasteiger partial charge on any atom is -0.482 e. The van der Waals surface area contributed by atoms with Gasteiger partial charge in [-0.25, -0.2) is 9.37 Å². The molecular formula is C26H29ClFN6O4P. The van der Waals surface area contributed by atoms with Crippen molar-refractivity contribution in [2.45, 2.75) is 32.9 Å². The monoisotopic (exact) mass is 574 g/mol. The zero-order chi connectivity index (χ0) is 27.7. The number of benzene rings is 1. The molecule has 1 aromatic carbocycles. The van der Waals surface area contributed by atoms with Gasteiger partial charge in [0.05, 0.1) is 11.4 Å². The molecule has 4 heterocycles. The van der Waals surface area contributed by atoms with Crippen LogP contribution in [0.25, 0.3) is 22.5 Å². The molecule has 0 saturated carbocycles. The first-order valence-corrected chi connectivity index (χ1v) is 13.8. The van der Waals surface area contributed by atoms with E-state index in [-0.39, 0.29) is 12.5 Å². The lowest BCUT2D eigenvalue weighted by Gasteiger charge is -2.22. The average Bonchev–Trinajstić information content (AvgIpc) is 3.45. The summed E-state index contributed by atoms with van der Waals surface area (Å²) in [5.74, 6) is 0.525. The van der Waals surface area contributed by atoms with Gasteiger partial charge in [-0.3, -0.25) is 13.9 Å². The summed E-state index contributed by atoms with van der Waals surface area (Å²) in [7, 11) is 3.37. The molecule has 0 fully saturated rings. The van der Waals surface area contributed by atoms with Crippen LogP contribution in [0.5, 0.6) is 5.75 Å². The molecule has 0 saturated heterocycles. The summed E-state index contributed by atoms with van der Waals surface area (Å²) in [6.45, 7) is 4.55. The van der Waals surface area contributed by atoms with Gasteiger partial charge in [-0.1, -0.05) is 11.6 Å². The number of pyridine rings is 1. The van der Waals surface area contributed by atoms with Gasteiger partial charge in [-0.2, -0.15) is 10.2 Å². The van der Waals surface area contributed by atoms with Crippen LogP contribution in [0.15, 0.2) is 36.7 Å². The Morgan fingerprint density at radius 2 is 2.03 bits per heavy atom. The van der Waals surface area contributed by atoms with E-state index in [2.05, 4.69) is 15.4 Å². The third kappa shape index (κ3) is 5.50. The zero-order valence-electron chi connectivity index (χ0n) is 22.2. The fourth-order valence-electron chi connectivity index (χ4n) is 4.73. The highest BCUT2D eigenvalue weighted by molar-refractivity contribution is 7.41. The molecule has 4 aromatic rings. The van der Waals surface area contributed by atoms with E-state index in [0.29, 0.717) is 35.2 Å². The molecular weight excluding hydrogens is 546 g/mol. The van der Waals surface area contributed by atoms with Gasteiger partial charge in [0.2, 0.25) is 0 Å². The third-order valence-electron chi connectivity index (χ3n) is 6.42. The van der Waals surface area contributed by atoms with E-state index in [0.717, 1.165) is 33.6 Å². The Hall–Kier alpha value is -3.08. The van der Waals surface area contributed by atoms with Crippen LogP contribution in [0.3, 0.4) is 0 Å². The number of aryl methyl sites for hydroxylation is 2. The summed E-state index contributed by atoms with van der Waals surface area (Å²) >= 11 is 6.71. The van der Waals surface area contributed by atoms with Crippen molar-refractivity contribution in [2.75, 3.05) is 26.3 Å². The van der Waals surface area contributed by atoms with Gasteiger partial charge in [0, 0.05) is 74.4 Å². The van der Waals surface area contributed by atoms with Crippen molar-refractivity contribution in [1.29, 1.82) is 0 Å². The molecule has 206 valence electrons. The zero-order valence-corrected chi connectivity index (χ0v) is 23.9. The third-order valence-corrected chi connectivity index (χ3v) is 7.66. The number of fused-ring (bicyclic) bond motifs is 7. The lowest BCUT2D eigenvalue weighted by atomic mass is 9.94. The van der Waals surface area contributed by atoms with E-state index in [1.54, 1.807) is 16.9 Å². The molecule has 1 unspecified atom stereocenters. The SMILES string of the molecule is CCn1nc(Cl)c2c1-c1cnc(NCOP(OC)OC)c(c1)OC(C)c1cc(F)ccc1-c1nn(C)cc1C2. The summed E-state index contributed by atoms with van der Waals surface area (Å²) < 4.78 is 40.5. The Bertz CT molecular complexity index is 1490. The minimum absolute atomic E-state index is 0.0664. The summed E-state index contributed by atoms with van der Waals surface area (Å²) in [5, 5.41) is 12.9. The molecule has 1 aliphatic rings. The first-order chi connectivity index (χ1) is 18.8. The summed E-state index contributed by atoms with van der Waals surface area (Å²) in [5.41, 5.74) is 5.56. The van der Waals surface area contributed by atoms with Crippen molar-refractivity contribution in [3.05, 3.63) is 64.3 Å². The Morgan fingerprint density at radius 1 is 1.23 bits per heavy atom. The second-order valence-corrected chi connectivity index (χ2v) is 10.7. The Labute approximate surface area is 232 Å². The van der Waals surface area contributed by atoms with E-state index in [1.807, 2.05) is 37.8 Å². The van der Waals surface area contributed by atoms with Crippen molar-refractivity contribution in [2.24, 2.45) is 7.05 Å². The Kier molecular flexibility index (Phi) is 8.16. The van der Waals surface area contributed by atoms with Crippen LogP contribution in [0, 0.1) is 5.82 Å². The fraction of sp³-hybridized carbons (Fsp3) is 0.346.